The summed E-state index contributed by atoms with van der Waals surface area (Å²) in [6, 6.07) is 10.0. The first-order valence-corrected chi connectivity index (χ1v) is 6.30. The molecule has 0 radical (unpaired) electrons. The van der Waals surface area contributed by atoms with Crippen molar-refractivity contribution in [1.29, 1.82) is 5.26 Å². The Balaban J connectivity index is 1.98. The Morgan fingerprint density at radius 1 is 1.50 bits per heavy atom. The highest BCUT2D eigenvalue weighted by molar-refractivity contribution is 5.86. The van der Waals surface area contributed by atoms with Crippen molar-refractivity contribution in [2.24, 2.45) is 0 Å². The van der Waals surface area contributed by atoms with Gasteiger partial charge in [0, 0.05) is 25.2 Å². The van der Waals surface area contributed by atoms with Crippen LogP contribution in [0, 0.1) is 11.3 Å². The fraction of sp³-hybridized carbons (Fsp3) is 0.429. The number of nitriles is 1. The topological polar surface area (TPSA) is 64.9 Å². The van der Waals surface area contributed by atoms with Crippen molar-refractivity contribution in [2.75, 3.05) is 18.4 Å². The lowest BCUT2D eigenvalue weighted by Gasteiger charge is -2.25. The third-order valence-corrected chi connectivity index (χ3v) is 3.17. The molecule has 0 fully saturated rings. The number of unbranched alkanes of at least 4 members (excludes halogenated alkanes) is 1. The molecule has 1 aromatic rings. The van der Waals surface area contributed by atoms with Gasteiger partial charge >= 0.3 is 0 Å². The zero-order valence-corrected chi connectivity index (χ0v) is 10.3. The number of carbonyl (C=O) groups excluding carboxylic acids is 1. The molecule has 0 spiro atoms. The molecule has 94 valence electrons. The molecule has 18 heavy (non-hydrogen) atoms. The molecule has 1 amide bonds. The summed E-state index contributed by atoms with van der Waals surface area (Å²) in [5, 5.41) is 14.7. The van der Waals surface area contributed by atoms with E-state index in [9.17, 15) is 4.79 Å². The van der Waals surface area contributed by atoms with Gasteiger partial charge < -0.3 is 10.6 Å². The van der Waals surface area contributed by atoms with Crippen LogP contribution in [0.2, 0.25) is 0 Å². The van der Waals surface area contributed by atoms with Gasteiger partial charge in [-0.3, -0.25) is 4.79 Å². The average Bonchev–Trinajstić information content (AvgIpc) is 2.43. The first-order chi connectivity index (χ1) is 8.83. The maximum absolute atomic E-state index is 12.1. The first-order valence-electron chi connectivity index (χ1n) is 6.30. The number of para-hydroxylation sites is 1. The molecule has 0 saturated carbocycles. The van der Waals surface area contributed by atoms with Crippen LogP contribution in [0.25, 0.3) is 0 Å². The number of rotatable bonds is 4. The molecule has 2 rings (SSSR count). The summed E-state index contributed by atoms with van der Waals surface area (Å²) < 4.78 is 0. The van der Waals surface area contributed by atoms with Gasteiger partial charge in [0.25, 0.3) is 0 Å². The Bertz CT molecular complexity index is 464. The predicted octanol–water partition coefficient (Wildman–Crippen LogP) is 2.01. The van der Waals surface area contributed by atoms with E-state index in [1.807, 2.05) is 24.3 Å². The average molecular weight is 243 g/mol. The molecule has 0 aromatic heterocycles. The Kier molecular flexibility index (Phi) is 4.19. The minimum Gasteiger partial charge on any atom is -0.385 e. The van der Waals surface area contributed by atoms with Gasteiger partial charge in [-0.1, -0.05) is 18.2 Å². The summed E-state index contributed by atoms with van der Waals surface area (Å²) in [6.45, 7) is 1.41. The van der Waals surface area contributed by atoms with Crippen molar-refractivity contribution in [2.45, 2.75) is 25.2 Å². The molecule has 0 aliphatic carbocycles. The molecular weight excluding hydrogens is 226 g/mol. The standard InChI is InChI=1S/C14H17N3O/c15-8-3-4-9-17-14(18)12-7-10-16-13-6-2-1-5-11(12)13/h1-2,5-6,12,16H,3-4,7,9-10H2,(H,17,18). The quantitative estimate of drug-likeness (QED) is 0.795. The predicted molar refractivity (Wildman–Crippen MR) is 70.1 cm³/mol. The van der Waals surface area contributed by atoms with E-state index in [1.165, 1.54) is 0 Å². The van der Waals surface area contributed by atoms with Gasteiger partial charge in [-0.2, -0.15) is 5.26 Å². The van der Waals surface area contributed by atoms with Crippen LogP contribution in [0.3, 0.4) is 0 Å². The second kappa shape index (κ2) is 6.06. The smallest absolute Gasteiger partial charge is 0.227 e. The van der Waals surface area contributed by atoms with E-state index in [2.05, 4.69) is 16.7 Å². The maximum atomic E-state index is 12.1. The van der Waals surface area contributed by atoms with Gasteiger partial charge in [0.05, 0.1) is 12.0 Å². The van der Waals surface area contributed by atoms with Gasteiger partial charge in [-0.25, -0.2) is 0 Å². The molecular formula is C14H17N3O. The summed E-state index contributed by atoms with van der Waals surface area (Å²) in [5.74, 6) is 0.00595. The summed E-state index contributed by atoms with van der Waals surface area (Å²) in [6.07, 6.45) is 2.03. The number of anilines is 1. The third kappa shape index (κ3) is 2.80. The molecule has 2 N–H and O–H groups in total. The van der Waals surface area contributed by atoms with Crippen LogP contribution in [0.15, 0.2) is 24.3 Å². The molecule has 1 atom stereocenters. The lowest BCUT2D eigenvalue weighted by Crippen LogP contribution is -2.33. The SMILES string of the molecule is N#CCCCNC(=O)C1CCNc2ccccc21. The van der Waals surface area contributed by atoms with E-state index in [-0.39, 0.29) is 11.8 Å². The van der Waals surface area contributed by atoms with Crippen molar-refractivity contribution < 1.29 is 4.79 Å². The maximum Gasteiger partial charge on any atom is 0.227 e. The van der Waals surface area contributed by atoms with E-state index in [4.69, 9.17) is 5.26 Å². The van der Waals surface area contributed by atoms with Crippen molar-refractivity contribution >= 4 is 11.6 Å². The molecule has 1 aromatic carbocycles. The number of hydrogen-bond acceptors (Lipinski definition) is 3. The zero-order valence-electron chi connectivity index (χ0n) is 10.3. The fourth-order valence-electron chi connectivity index (χ4n) is 2.24. The Morgan fingerprint density at radius 3 is 3.17 bits per heavy atom. The van der Waals surface area contributed by atoms with E-state index in [1.54, 1.807) is 0 Å². The van der Waals surface area contributed by atoms with Crippen molar-refractivity contribution in [3.8, 4) is 6.07 Å². The van der Waals surface area contributed by atoms with Crippen LogP contribution in [-0.2, 0) is 4.79 Å². The largest absolute Gasteiger partial charge is 0.385 e. The molecule has 1 heterocycles. The summed E-state index contributed by atoms with van der Waals surface area (Å²) >= 11 is 0. The number of amides is 1. The minimum atomic E-state index is -0.0652. The number of fused-ring (bicyclic) bond motifs is 1. The Hall–Kier alpha value is -2.02. The monoisotopic (exact) mass is 243 g/mol. The normalized spacial score (nSPS) is 17.2. The number of nitrogens with one attached hydrogen (secondary N) is 2. The molecule has 1 unspecified atom stereocenters. The first kappa shape index (κ1) is 12.4. The highest BCUT2D eigenvalue weighted by Crippen LogP contribution is 2.31. The van der Waals surface area contributed by atoms with E-state index < -0.39 is 0 Å². The Labute approximate surface area is 107 Å². The molecule has 0 bridgehead atoms. The second-order valence-electron chi connectivity index (χ2n) is 4.41. The van der Waals surface area contributed by atoms with Gasteiger partial charge in [0.2, 0.25) is 5.91 Å². The number of carbonyl (C=O) groups is 1. The van der Waals surface area contributed by atoms with Crippen LogP contribution >= 0.6 is 0 Å². The lowest BCUT2D eigenvalue weighted by atomic mass is 9.90. The van der Waals surface area contributed by atoms with Crippen molar-refractivity contribution in [3.63, 3.8) is 0 Å². The van der Waals surface area contributed by atoms with Crippen LogP contribution in [-0.4, -0.2) is 19.0 Å². The van der Waals surface area contributed by atoms with Crippen LogP contribution in [0.5, 0.6) is 0 Å². The van der Waals surface area contributed by atoms with Gasteiger partial charge in [0.1, 0.15) is 0 Å². The number of nitrogens with zero attached hydrogens (tertiary/aromatic N) is 1. The van der Waals surface area contributed by atoms with Gasteiger partial charge in [0.15, 0.2) is 0 Å². The second-order valence-corrected chi connectivity index (χ2v) is 4.41. The van der Waals surface area contributed by atoms with Crippen molar-refractivity contribution in [1.82, 2.24) is 5.32 Å². The van der Waals surface area contributed by atoms with Crippen molar-refractivity contribution in [3.05, 3.63) is 29.8 Å². The van der Waals surface area contributed by atoms with Gasteiger partial charge in [-0.15, -0.1) is 0 Å². The molecule has 0 saturated heterocycles. The number of hydrogen-bond donors (Lipinski definition) is 2. The van der Waals surface area contributed by atoms with Crippen LogP contribution < -0.4 is 10.6 Å². The van der Waals surface area contributed by atoms with Gasteiger partial charge in [-0.05, 0) is 24.5 Å². The molecule has 4 heteroatoms. The lowest BCUT2D eigenvalue weighted by molar-refractivity contribution is -0.122. The minimum absolute atomic E-state index is 0.0652. The van der Waals surface area contributed by atoms with E-state index in [0.29, 0.717) is 13.0 Å². The van der Waals surface area contributed by atoms with Crippen LogP contribution in [0.1, 0.15) is 30.7 Å². The highest BCUT2D eigenvalue weighted by Gasteiger charge is 2.25. The molecule has 1 aliphatic rings. The van der Waals surface area contributed by atoms with E-state index >= 15 is 0 Å². The summed E-state index contributed by atoms with van der Waals surface area (Å²) in [5.41, 5.74) is 2.13. The summed E-state index contributed by atoms with van der Waals surface area (Å²) in [4.78, 5) is 12.1. The van der Waals surface area contributed by atoms with Crippen LogP contribution in [0.4, 0.5) is 5.69 Å². The zero-order chi connectivity index (χ0) is 12.8. The number of benzene rings is 1. The molecule has 1 aliphatic heterocycles. The summed E-state index contributed by atoms with van der Waals surface area (Å²) in [7, 11) is 0. The Morgan fingerprint density at radius 2 is 2.33 bits per heavy atom. The van der Waals surface area contributed by atoms with E-state index in [0.717, 1.165) is 30.6 Å². The fourth-order valence-corrected chi connectivity index (χ4v) is 2.24. The molecule has 4 nitrogen and oxygen atoms in total. The third-order valence-electron chi connectivity index (χ3n) is 3.17. The highest BCUT2D eigenvalue weighted by atomic mass is 16.1.